The molecule has 1 N–H and O–H groups in total. The van der Waals surface area contributed by atoms with Gasteiger partial charge in [-0.25, -0.2) is 19.4 Å². The van der Waals surface area contributed by atoms with E-state index in [1.54, 1.807) is 29.9 Å². The predicted octanol–water partition coefficient (Wildman–Crippen LogP) is 4.80. The molecule has 1 aromatic carbocycles. The van der Waals surface area contributed by atoms with Gasteiger partial charge in [0.1, 0.15) is 5.71 Å². The van der Waals surface area contributed by atoms with Crippen LogP contribution in [0, 0.1) is 6.92 Å². The smallest absolute Gasteiger partial charge is 0.338 e. The molecule has 0 aliphatic rings. The Bertz CT molecular complexity index is 1290. The van der Waals surface area contributed by atoms with Gasteiger partial charge >= 0.3 is 5.97 Å². The highest BCUT2D eigenvalue weighted by Gasteiger charge is 2.18. The number of hydrogen-bond donors (Lipinski definition) is 1. The van der Waals surface area contributed by atoms with Gasteiger partial charge in [0.25, 0.3) is 0 Å². The minimum absolute atomic E-state index is 0.378. The minimum atomic E-state index is -0.470. The lowest BCUT2D eigenvalue weighted by atomic mass is 10.0. The van der Waals surface area contributed by atoms with Crippen molar-refractivity contribution in [3.63, 3.8) is 0 Å². The van der Waals surface area contributed by atoms with E-state index in [2.05, 4.69) is 20.2 Å². The summed E-state index contributed by atoms with van der Waals surface area (Å²) in [5.41, 5.74) is 4.17. The fourth-order valence-electron chi connectivity index (χ4n) is 3.23. The Labute approximate surface area is 186 Å². The van der Waals surface area contributed by atoms with E-state index in [0.29, 0.717) is 44.9 Å². The van der Waals surface area contributed by atoms with Gasteiger partial charge < -0.3 is 9.94 Å². The first-order valence-electron chi connectivity index (χ1n) is 10.2. The highest BCUT2D eigenvalue weighted by atomic mass is 16.5. The lowest BCUT2D eigenvalue weighted by Gasteiger charge is -2.09. The molecule has 3 heterocycles. The lowest BCUT2D eigenvalue weighted by molar-refractivity contribution is 0.0603. The van der Waals surface area contributed by atoms with Crippen LogP contribution in [0.2, 0.25) is 0 Å². The third kappa shape index (κ3) is 4.34. The largest absolute Gasteiger partial charge is 0.465 e. The van der Waals surface area contributed by atoms with Gasteiger partial charge in [0, 0.05) is 16.6 Å². The Balaban J connectivity index is 0.00000141. The van der Waals surface area contributed by atoms with Crippen molar-refractivity contribution in [2.45, 2.75) is 27.7 Å². The maximum atomic E-state index is 12.5. The molecule has 0 amide bonds. The van der Waals surface area contributed by atoms with Crippen LogP contribution in [0.25, 0.3) is 28.0 Å². The summed E-state index contributed by atoms with van der Waals surface area (Å²) in [6.45, 7) is 7.56. The highest BCUT2D eigenvalue weighted by molar-refractivity contribution is 6.05. The number of benzene rings is 1. The predicted molar refractivity (Wildman–Crippen MR) is 124 cm³/mol. The van der Waals surface area contributed by atoms with Crippen LogP contribution in [-0.2, 0) is 4.74 Å². The SMILES string of the molecule is CC.COC(=O)c1cc(-c2cccc(/C(C)=N\O)n2)cc2c1cnn2-c1cccc(C)n1. The zero-order valence-corrected chi connectivity index (χ0v) is 18.7. The summed E-state index contributed by atoms with van der Waals surface area (Å²) in [6, 6.07) is 14.7. The first kappa shape index (κ1) is 22.6. The van der Waals surface area contributed by atoms with Crippen LogP contribution in [0.15, 0.2) is 59.9 Å². The van der Waals surface area contributed by atoms with Crippen molar-refractivity contribution in [2.24, 2.45) is 5.16 Å². The molecule has 0 radical (unpaired) electrons. The molecule has 0 fully saturated rings. The zero-order chi connectivity index (χ0) is 23.3. The molecule has 0 bridgehead atoms. The van der Waals surface area contributed by atoms with Gasteiger partial charge in [-0.1, -0.05) is 31.1 Å². The van der Waals surface area contributed by atoms with Crippen LogP contribution >= 0.6 is 0 Å². The summed E-state index contributed by atoms with van der Waals surface area (Å²) in [5.74, 6) is 0.172. The third-order valence-electron chi connectivity index (χ3n) is 4.75. The average Bonchev–Trinajstić information content (AvgIpc) is 3.28. The van der Waals surface area contributed by atoms with Crippen molar-refractivity contribution in [3.05, 3.63) is 71.7 Å². The second-order valence-corrected chi connectivity index (χ2v) is 6.74. The Kier molecular flexibility index (Phi) is 6.94. The van der Waals surface area contributed by atoms with Crippen molar-refractivity contribution in [2.75, 3.05) is 7.11 Å². The number of carbonyl (C=O) groups is 1. The van der Waals surface area contributed by atoms with E-state index < -0.39 is 5.97 Å². The molecular weight excluding hydrogens is 406 g/mol. The molecule has 8 heteroatoms. The Morgan fingerprint density at radius 3 is 2.53 bits per heavy atom. The van der Waals surface area contributed by atoms with E-state index in [0.717, 1.165) is 5.69 Å². The van der Waals surface area contributed by atoms with Gasteiger partial charge in [-0.3, -0.25) is 0 Å². The Hall–Kier alpha value is -4.07. The number of rotatable bonds is 4. The van der Waals surface area contributed by atoms with Crippen LogP contribution in [0.5, 0.6) is 0 Å². The van der Waals surface area contributed by atoms with Gasteiger partial charge in [-0.05, 0) is 50.2 Å². The number of hydrogen-bond acceptors (Lipinski definition) is 7. The Morgan fingerprint density at radius 2 is 1.84 bits per heavy atom. The molecular formula is C24H25N5O3. The number of ether oxygens (including phenoxy) is 1. The fraction of sp³-hybridized carbons (Fsp3) is 0.208. The average molecular weight is 431 g/mol. The summed E-state index contributed by atoms with van der Waals surface area (Å²) >= 11 is 0. The number of nitrogens with zero attached hydrogens (tertiary/aromatic N) is 5. The van der Waals surface area contributed by atoms with Crippen LogP contribution in [0.3, 0.4) is 0 Å². The number of oxime groups is 1. The number of esters is 1. The maximum absolute atomic E-state index is 12.5. The van der Waals surface area contributed by atoms with E-state index in [4.69, 9.17) is 9.94 Å². The van der Waals surface area contributed by atoms with E-state index in [-0.39, 0.29) is 0 Å². The van der Waals surface area contributed by atoms with E-state index in [1.165, 1.54) is 7.11 Å². The van der Waals surface area contributed by atoms with Crippen LogP contribution < -0.4 is 0 Å². The molecule has 0 atom stereocenters. The molecule has 0 spiro atoms. The van der Waals surface area contributed by atoms with Gasteiger partial charge in [-0.2, -0.15) is 5.10 Å². The molecule has 8 nitrogen and oxygen atoms in total. The monoisotopic (exact) mass is 431 g/mol. The minimum Gasteiger partial charge on any atom is -0.465 e. The van der Waals surface area contributed by atoms with Crippen molar-refractivity contribution >= 4 is 22.6 Å². The summed E-state index contributed by atoms with van der Waals surface area (Å²) in [4.78, 5) is 21.6. The highest BCUT2D eigenvalue weighted by Crippen LogP contribution is 2.29. The van der Waals surface area contributed by atoms with Crippen molar-refractivity contribution < 1.29 is 14.7 Å². The summed E-state index contributed by atoms with van der Waals surface area (Å²) in [5, 5.41) is 17.4. The van der Waals surface area contributed by atoms with Gasteiger partial charge in [0.15, 0.2) is 5.82 Å². The van der Waals surface area contributed by atoms with Crippen molar-refractivity contribution in [1.82, 2.24) is 19.7 Å². The van der Waals surface area contributed by atoms with Gasteiger partial charge in [-0.15, -0.1) is 0 Å². The second-order valence-electron chi connectivity index (χ2n) is 6.74. The molecule has 0 unspecified atom stereocenters. The molecule has 4 rings (SSSR count). The molecule has 32 heavy (non-hydrogen) atoms. The summed E-state index contributed by atoms with van der Waals surface area (Å²) in [7, 11) is 1.34. The maximum Gasteiger partial charge on any atom is 0.338 e. The number of carbonyl (C=O) groups excluding carboxylic acids is 1. The molecule has 3 aromatic heterocycles. The number of pyridine rings is 2. The molecule has 0 aliphatic heterocycles. The van der Waals surface area contributed by atoms with Crippen LogP contribution in [0.1, 0.15) is 42.5 Å². The van der Waals surface area contributed by atoms with Gasteiger partial charge in [0.05, 0.1) is 35.8 Å². The zero-order valence-electron chi connectivity index (χ0n) is 18.7. The normalized spacial score (nSPS) is 11.1. The molecule has 0 saturated heterocycles. The second kappa shape index (κ2) is 9.82. The third-order valence-corrected chi connectivity index (χ3v) is 4.75. The van der Waals surface area contributed by atoms with E-state index >= 15 is 0 Å². The number of methoxy groups -OCH3 is 1. The quantitative estimate of drug-likeness (QED) is 0.215. The molecule has 164 valence electrons. The van der Waals surface area contributed by atoms with Crippen molar-refractivity contribution in [1.29, 1.82) is 0 Å². The Morgan fingerprint density at radius 1 is 1.09 bits per heavy atom. The number of aromatic nitrogens is 4. The molecule has 4 aromatic rings. The van der Waals surface area contributed by atoms with Crippen molar-refractivity contribution in [3.8, 4) is 17.1 Å². The van der Waals surface area contributed by atoms with E-state index in [1.807, 2.05) is 57.2 Å². The standard InChI is InChI=1S/C22H19N5O3.C2H6/c1-13-6-4-9-21(24-13)27-20-11-15(10-16(22(28)30-3)17(20)12-23-27)19-8-5-7-18(25-19)14(2)26-29;1-2/h4-12,29H,1-3H3;1-2H3/b26-14-;. The summed E-state index contributed by atoms with van der Waals surface area (Å²) < 4.78 is 6.67. The first-order chi connectivity index (χ1) is 15.5. The van der Waals surface area contributed by atoms with Crippen LogP contribution in [0.4, 0.5) is 0 Å². The molecule has 0 aliphatic carbocycles. The van der Waals surface area contributed by atoms with Crippen LogP contribution in [-0.4, -0.2) is 43.7 Å². The lowest BCUT2D eigenvalue weighted by Crippen LogP contribution is -2.05. The van der Waals surface area contributed by atoms with Gasteiger partial charge in [0.2, 0.25) is 0 Å². The number of aryl methyl sites for hydroxylation is 1. The number of fused-ring (bicyclic) bond motifs is 1. The summed E-state index contributed by atoms with van der Waals surface area (Å²) in [6.07, 6.45) is 1.63. The first-order valence-corrected chi connectivity index (χ1v) is 10.2. The topological polar surface area (TPSA) is 102 Å². The fourth-order valence-corrected chi connectivity index (χ4v) is 3.23. The molecule has 0 saturated carbocycles. The van der Waals surface area contributed by atoms with E-state index in [9.17, 15) is 4.79 Å².